The number of carboxylic acids is 1. The largest absolute Gasteiger partial charge is 0.516 e. The average molecular weight is 309 g/mol. The highest BCUT2D eigenvalue weighted by molar-refractivity contribution is 7.93. The summed E-state index contributed by atoms with van der Waals surface area (Å²) in [4.78, 5) is 10.7. The summed E-state index contributed by atoms with van der Waals surface area (Å²) < 4.78 is 60.0. The van der Waals surface area contributed by atoms with Crippen molar-refractivity contribution in [3.63, 3.8) is 0 Å². The molecule has 1 aromatic carbocycles. The maximum Gasteiger partial charge on any atom is 0.516 e. The number of hydrogen-bond donors (Lipinski definition) is 2. The van der Waals surface area contributed by atoms with Crippen LogP contribution in [0.15, 0.2) is 24.3 Å². The van der Waals surface area contributed by atoms with Gasteiger partial charge in [0.2, 0.25) is 0 Å². The van der Waals surface area contributed by atoms with Crippen molar-refractivity contribution in [3.8, 4) is 0 Å². The van der Waals surface area contributed by atoms with Crippen molar-refractivity contribution in [2.75, 3.05) is 4.72 Å². The first-order valence-corrected chi connectivity index (χ1v) is 7.02. The number of carbonyl (C=O) groups is 1. The summed E-state index contributed by atoms with van der Waals surface area (Å²) in [6.07, 6.45) is 0.394. The second-order valence-corrected chi connectivity index (χ2v) is 6.14. The molecule has 0 radical (unpaired) electrons. The Bertz CT molecular complexity index is 641. The van der Waals surface area contributed by atoms with Gasteiger partial charge in [-0.05, 0) is 30.0 Å². The number of nitrogens with one attached hydrogen (secondary N) is 1. The van der Waals surface area contributed by atoms with E-state index in [9.17, 15) is 26.4 Å². The monoisotopic (exact) mass is 309 g/mol. The standard InChI is InChI=1S/C11H10F3NO4S/c12-11(13,14)20(18,19)15-7-3-1-2-6(4-7)8-5-9(8)10(16)17/h1-4,8-9,15H,5H2,(H,16,17). The van der Waals surface area contributed by atoms with E-state index >= 15 is 0 Å². The normalized spacial score (nSPS) is 22.4. The van der Waals surface area contributed by atoms with E-state index in [1.807, 2.05) is 0 Å². The van der Waals surface area contributed by atoms with Crippen LogP contribution in [0.1, 0.15) is 17.9 Å². The molecule has 5 nitrogen and oxygen atoms in total. The Labute approximate surface area is 112 Å². The first-order chi connectivity index (χ1) is 9.12. The molecule has 20 heavy (non-hydrogen) atoms. The maximum absolute atomic E-state index is 12.2. The van der Waals surface area contributed by atoms with E-state index in [0.717, 1.165) is 0 Å². The third kappa shape index (κ3) is 2.87. The number of anilines is 1. The Kier molecular flexibility index (Phi) is 3.41. The zero-order valence-electron chi connectivity index (χ0n) is 9.89. The Morgan fingerprint density at radius 3 is 2.50 bits per heavy atom. The molecule has 0 saturated heterocycles. The highest BCUT2D eigenvalue weighted by atomic mass is 32.2. The van der Waals surface area contributed by atoms with Crippen LogP contribution in [0.5, 0.6) is 0 Å². The van der Waals surface area contributed by atoms with E-state index in [0.29, 0.717) is 12.0 Å². The van der Waals surface area contributed by atoms with Gasteiger partial charge >= 0.3 is 21.5 Å². The van der Waals surface area contributed by atoms with E-state index in [2.05, 4.69) is 0 Å². The molecule has 1 aromatic rings. The van der Waals surface area contributed by atoms with Gasteiger partial charge < -0.3 is 5.11 Å². The molecule has 2 rings (SSSR count). The molecule has 2 N–H and O–H groups in total. The second kappa shape index (κ2) is 4.65. The zero-order valence-corrected chi connectivity index (χ0v) is 10.7. The molecule has 0 spiro atoms. The van der Waals surface area contributed by atoms with Crippen LogP contribution in [-0.4, -0.2) is 25.0 Å². The van der Waals surface area contributed by atoms with Crippen molar-refractivity contribution in [1.29, 1.82) is 0 Å². The van der Waals surface area contributed by atoms with Crippen LogP contribution in [0.3, 0.4) is 0 Å². The zero-order chi connectivity index (χ0) is 15.1. The van der Waals surface area contributed by atoms with Crippen LogP contribution in [0.2, 0.25) is 0 Å². The first kappa shape index (κ1) is 14.6. The van der Waals surface area contributed by atoms with Crippen LogP contribution < -0.4 is 4.72 Å². The van der Waals surface area contributed by atoms with Crippen LogP contribution in [0, 0.1) is 5.92 Å². The number of alkyl halides is 3. The lowest BCUT2D eigenvalue weighted by molar-refractivity contribution is -0.138. The third-order valence-electron chi connectivity index (χ3n) is 2.98. The fraction of sp³-hybridized carbons (Fsp3) is 0.364. The lowest BCUT2D eigenvalue weighted by Gasteiger charge is -2.11. The summed E-state index contributed by atoms with van der Waals surface area (Å²) >= 11 is 0. The Balaban J connectivity index is 2.18. The summed E-state index contributed by atoms with van der Waals surface area (Å²) in [5.74, 6) is -1.83. The summed E-state index contributed by atoms with van der Waals surface area (Å²) in [5, 5.41) is 8.79. The minimum atomic E-state index is -5.47. The van der Waals surface area contributed by atoms with Gasteiger partial charge in [0.15, 0.2) is 0 Å². The maximum atomic E-state index is 12.2. The molecular weight excluding hydrogens is 299 g/mol. The molecule has 110 valence electrons. The van der Waals surface area contributed by atoms with E-state index in [4.69, 9.17) is 5.11 Å². The van der Waals surface area contributed by atoms with Crippen LogP contribution in [0.25, 0.3) is 0 Å². The lowest BCUT2D eigenvalue weighted by Crippen LogP contribution is -2.29. The number of rotatable bonds is 4. The number of halogens is 3. The Morgan fingerprint density at radius 2 is 2.00 bits per heavy atom. The first-order valence-electron chi connectivity index (χ1n) is 5.53. The van der Waals surface area contributed by atoms with Gasteiger partial charge in [-0.2, -0.15) is 21.6 Å². The molecule has 1 saturated carbocycles. The Hall–Kier alpha value is -1.77. The quantitative estimate of drug-likeness (QED) is 0.892. The van der Waals surface area contributed by atoms with Crippen LogP contribution in [0.4, 0.5) is 18.9 Å². The highest BCUT2D eigenvalue weighted by Gasteiger charge is 2.47. The molecule has 0 heterocycles. The third-order valence-corrected chi connectivity index (χ3v) is 4.09. The van der Waals surface area contributed by atoms with Gasteiger partial charge in [0.05, 0.1) is 5.92 Å². The molecule has 9 heteroatoms. The van der Waals surface area contributed by atoms with Crippen molar-refractivity contribution in [1.82, 2.24) is 0 Å². The summed E-state index contributed by atoms with van der Waals surface area (Å²) in [7, 11) is -5.47. The summed E-state index contributed by atoms with van der Waals surface area (Å²) in [6.45, 7) is 0. The molecule has 0 aliphatic heterocycles. The van der Waals surface area contributed by atoms with Gasteiger partial charge in [-0.15, -0.1) is 0 Å². The highest BCUT2D eigenvalue weighted by Crippen LogP contribution is 2.48. The molecule has 1 aliphatic carbocycles. The van der Waals surface area contributed by atoms with E-state index in [1.54, 1.807) is 6.07 Å². The van der Waals surface area contributed by atoms with Gasteiger partial charge in [0.25, 0.3) is 0 Å². The molecule has 1 aliphatic rings. The van der Waals surface area contributed by atoms with Gasteiger partial charge in [0, 0.05) is 5.69 Å². The smallest absolute Gasteiger partial charge is 0.481 e. The molecule has 2 atom stereocenters. The summed E-state index contributed by atoms with van der Waals surface area (Å²) in [6, 6.07) is 5.32. The fourth-order valence-corrected chi connectivity index (χ4v) is 2.44. The fourth-order valence-electron chi connectivity index (χ4n) is 1.88. The average Bonchev–Trinajstić information content (AvgIpc) is 3.06. The SMILES string of the molecule is O=C(O)C1CC1c1cccc(NS(=O)(=O)C(F)(F)F)c1. The predicted molar refractivity (Wildman–Crippen MR) is 63.5 cm³/mol. The number of benzene rings is 1. The number of carboxylic acid groups (broad SMARTS) is 1. The number of aliphatic carboxylic acids is 1. The molecule has 1 fully saturated rings. The van der Waals surface area contributed by atoms with Crippen molar-refractivity contribution in [2.45, 2.75) is 17.8 Å². The van der Waals surface area contributed by atoms with Crippen LogP contribution >= 0.6 is 0 Å². The molecule has 2 unspecified atom stereocenters. The van der Waals surface area contributed by atoms with Gasteiger partial charge in [0.1, 0.15) is 0 Å². The van der Waals surface area contributed by atoms with Crippen molar-refractivity contribution >= 4 is 21.7 Å². The topological polar surface area (TPSA) is 83.5 Å². The van der Waals surface area contributed by atoms with E-state index in [1.165, 1.54) is 22.9 Å². The lowest BCUT2D eigenvalue weighted by atomic mass is 10.1. The molecule has 0 amide bonds. The van der Waals surface area contributed by atoms with Gasteiger partial charge in [-0.1, -0.05) is 12.1 Å². The number of hydrogen-bond acceptors (Lipinski definition) is 3. The van der Waals surface area contributed by atoms with Crippen molar-refractivity contribution < 1.29 is 31.5 Å². The van der Waals surface area contributed by atoms with Gasteiger partial charge in [-0.3, -0.25) is 9.52 Å². The molecule has 0 aromatic heterocycles. The predicted octanol–water partition coefficient (Wildman–Crippen LogP) is 2.14. The van der Waals surface area contributed by atoms with Crippen molar-refractivity contribution in [3.05, 3.63) is 29.8 Å². The van der Waals surface area contributed by atoms with Gasteiger partial charge in [-0.25, -0.2) is 0 Å². The Morgan fingerprint density at radius 1 is 1.35 bits per heavy atom. The van der Waals surface area contributed by atoms with E-state index < -0.39 is 27.4 Å². The minimum absolute atomic E-state index is 0.240. The minimum Gasteiger partial charge on any atom is -0.481 e. The van der Waals surface area contributed by atoms with Crippen molar-refractivity contribution in [2.24, 2.45) is 5.92 Å². The second-order valence-electron chi connectivity index (χ2n) is 4.46. The van der Waals surface area contributed by atoms with E-state index in [-0.39, 0.29) is 11.6 Å². The summed E-state index contributed by atoms with van der Waals surface area (Å²) in [5.41, 5.74) is -5.14. The van der Waals surface area contributed by atoms with Crippen LogP contribution in [-0.2, 0) is 14.8 Å². The molecular formula is C11H10F3NO4S. The molecule has 0 bridgehead atoms. The number of sulfonamides is 1.